The van der Waals surface area contributed by atoms with Crippen LogP contribution in [0, 0.1) is 10.1 Å². The number of rotatable bonds is 4. The van der Waals surface area contributed by atoms with Crippen molar-refractivity contribution in [2.24, 2.45) is 0 Å². The molecule has 3 rings (SSSR count). The van der Waals surface area contributed by atoms with E-state index in [0.29, 0.717) is 5.70 Å². The lowest BCUT2D eigenvalue weighted by Crippen LogP contribution is -2.29. The summed E-state index contributed by atoms with van der Waals surface area (Å²) in [5.41, 5.74) is -0.0274. The van der Waals surface area contributed by atoms with Gasteiger partial charge in [-0.3, -0.25) is 14.9 Å². The van der Waals surface area contributed by atoms with E-state index in [9.17, 15) is 19.7 Å². The van der Waals surface area contributed by atoms with E-state index in [2.05, 4.69) is 15.3 Å². The first-order valence-electron chi connectivity index (χ1n) is 8.07. The van der Waals surface area contributed by atoms with Crippen LogP contribution in [-0.2, 0) is 9.47 Å². The number of ether oxygens (including phenoxy) is 2. The van der Waals surface area contributed by atoms with Crippen molar-refractivity contribution in [2.45, 2.75) is 19.8 Å². The highest BCUT2D eigenvalue weighted by molar-refractivity contribution is 5.67. The molecule has 0 saturated heterocycles. The Morgan fingerprint density at radius 1 is 1.37 bits per heavy atom. The van der Waals surface area contributed by atoms with Crippen molar-refractivity contribution < 1.29 is 19.2 Å². The molecular weight excluding hydrogens is 356 g/mol. The molecule has 1 aliphatic rings. The summed E-state index contributed by atoms with van der Waals surface area (Å²) >= 11 is 0. The summed E-state index contributed by atoms with van der Waals surface area (Å²) in [7, 11) is 0. The highest BCUT2D eigenvalue weighted by Gasteiger charge is 2.37. The fourth-order valence-corrected chi connectivity index (χ4v) is 2.93. The second kappa shape index (κ2) is 7.28. The van der Waals surface area contributed by atoms with Crippen LogP contribution in [0.2, 0.25) is 0 Å². The van der Waals surface area contributed by atoms with Crippen LogP contribution in [0.5, 0.6) is 0 Å². The second-order valence-corrected chi connectivity index (χ2v) is 5.64. The molecule has 1 atom stereocenters. The van der Waals surface area contributed by atoms with E-state index >= 15 is 0 Å². The van der Waals surface area contributed by atoms with Crippen molar-refractivity contribution in [2.75, 3.05) is 11.9 Å². The van der Waals surface area contributed by atoms with Crippen molar-refractivity contribution >= 4 is 17.7 Å². The predicted molar refractivity (Wildman–Crippen MR) is 94.2 cm³/mol. The highest BCUT2D eigenvalue weighted by Crippen LogP contribution is 2.42. The number of hydrogen-bond donors (Lipinski definition) is 2. The standard InChI is InChI=1S/C17H16N4O6/c1-3-26-17(23)27-14-9(2)20-15-13(16(22)19-8-18-15)12(14)10-6-4-5-7-11(10)21(24)25/h4-8,12H,3H2,1-2H3,(H2,18,19,20,22). The van der Waals surface area contributed by atoms with Gasteiger partial charge in [-0.1, -0.05) is 18.2 Å². The summed E-state index contributed by atoms with van der Waals surface area (Å²) in [6.45, 7) is 3.32. The van der Waals surface area contributed by atoms with Crippen LogP contribution in [0.25, 0.3) is 0 Å². The van der Waals surface area contributed by atoms with E-state index in [4.69, 9.17) is 9.47 Å². The van der Waals surface area contributed by atoms with Crippen molar-refractivity contribution in [3.05, 3.63) is 73.6 Å². The molecule has 1 unspecified atom stereocenters. The average molecular weight is 372 g/mol. The zero-order valence-corrected chi connectivity index (χ0v) is 14.5. The molecule has 10 heteroatoms. The number of aromatic nitrogens is 2. The molecule has 0 fully saturated rings. The minimum absolute atomic E-state index is 0.0359. The molecule has 140 valence electrons. The van der Waals surface area contributed by atoms with Crippen LogP contribution in [-0.4, -0.2) is 27.7 Å². The normalized spacial score (nSPS) is 15.6. The van der Waals surface area contributed by atoms with Crippen LogP contribution in [0.3, 0.4) is 0 Å². The van der Waals surface area contributed by atoms with E-state index in [1.165, 1.54) is 24.5 Å². The first-order chi connectivity index (χ1) is 12.9. The van der Waals surface area contributed by atoms with Gasteiger partial charge < -0.3 is 19.8 Å². The maximum atomic E-state index is 12.5. The molecule has 0 bridgehead atoms. The van der Waals surface area contributed by atoms with Crippen molar-refractivity contribution in [1.29, 1.82) is 0 Å². The van der Waals surface area contributed by atoms with Gasteiger partial charge in [-0.2, -0.15) is 0 Å². The van der Waals surface area contributed by atoms with Crippen LogP contribution in [0.15, 0.2) is 46.8 Å². The highest BCUT2D eigenvalue weighted by atomic mass is 16.7. The van der Waals surface area contributed by atoms with E-state index < -0.39 is 22.6 Å². The summed E-state index contributed by atoms with van der Waals surface area (Å²) in [5, 5.41) is 14.4. The quantitative estimate of drug-likeness (QED) is 0.475. The number of aromatic amines is 1. The molecule has 1 aromatic carbocycles. The molecule has 0 spiro atoms. The summed E-state index contributed by atoms with van der Waals surface area (Å²) in [5.74, 6) is -0.742. The first kappa shape index (κ1) is 18.1. The van der Waals surface area contributed by atoms with Crippen molar-refractivity contribution in [3.63, 3.8) is 0 Å². The molecule has 0 amide bonds. The number of allylic oxidation sites excluding steroid dienone is 2. The number of nitrogens with one attached hydrogen (secondary N) is 2. The molecule has 10 nitrogen and oxygen atoms in total. The number of carbonyl (C=O) groups is 1. The topological polar surface area (TPSA) is 136 Å². The Bertz CT molecular complexity index is 997. The predicted octanol–water partition coefficient (Wildman–Crippen LogP) is 2.64. The van der Waals surface area contributed by atoms with Gasteiger partial charge in [-0.25, -0.2) is 9.78 Å². The third-order valence-electron chi connectivity index (χ3n) is 4.02. The summed E-state index contributed by atoms with van der Waals surface area (Å²) in [6, 6.07) is 5.94. The van der Waals surface area contributed by atoms with Gasteiger partial charge >= 0.3 is 6.16 Å². The lowest BCUT2D eigenvalue weighted by atomic mass is 9.86. The Hall–Kier alpha value is -3.69. The SMILES string of the molecule is CCOC(=O)OC1=C(C)Nc2nc[nH]c(=O)c2C1c1ccccc1[N+](=O)[O-]. The zero-order valence-electron chi connectivity index (χ0n) is 14.5. The molecule has 1 aliphatic heterocycles. The number of carbonyl (C=O) groups excluding carboxylic acids is 1. The van der Waals surface area contributed by atoms with Gasteiger partial charge in [-0.05, 0) is 13.8 Å². The van der Waals surface area contributed by atoms with E-state index in [1.54, 1.807) is 19.9 Å². The van der Waals surface area contributed by atoms with Gasteiger partial charge in [0.1, 0.15) is 11.6 Å². The largest absolute Gasteiger partial charge is 0.513 e. The molecule has 1 aromatic heterocycles. The van der Waals surface area contributed by atoms with E-state index in [1.807, 2.05) is 0 Å². The molecule has 2 heterocycles. The lowest BCUT2D eigenvalue weighted by molar-refractivity contribution is -0.385. The minimum Gasteiger partial charge on any atom is -0.434 e. The molecule has 0 saturated carbocycles. The number of nitrogens with zero attached hydrogens (tertiary/aromatic N) is 2. The number of benzene rings is 1. The van der Waals surface area contributed by atoms with Crippen LogP contribution >= 0.6 is 0 Å². The monoisotopic (exact) mass is 372 g/mol. The van der Waals surface area contributed by atoms with Gasteiger partial charge in [0.25, 0.3) is 11.2 Å². The van der Waals surface area contributed by atoms with Crippen molar-refractivity contribution in [1.82, 2.24) is 9.97 Å². The Balaban J connectivity index is 2.24. The lowest BCUT2D eigenvalue weighted by Gasteiger charge is -2.28. The Morgan fingerprint density at radius 3 is 2.81 bits per heavy atom. The number of nitro groups is 1. The van der Waals surface area contributed by atoms with Crippen molar-refractivity contribution in [3.8, 4) is 0 Å². The number of nitro benzene ring substituents is 1. The molecule has 0 aliphatic carbocycles. The fraction of sp³-hybridized carbons (Fsp3) is 0.235. The molecule has 0 radical (unpaired) electrons. The maximum Gasteiger partial charge on any atom is 0.513 e. The first-order valence-corrected chi connectivity index (χ1v) is 8.07. The zero-order chi connectivity index (χ0) is 19.6. The van der Waals surface area contributed by atoms with Gasteiger partial charge in [0, 0.05) is 11.6 Å². The minimum atomic E-state index is -1.01. The molecule has 27 heavy (non-hydrogen) atoms. The van der Waals surface area contributed by atoms with Crippen LogP contribution < -0.4 is 10.9 Å². The van der Waals surface area contributed by atoms with Gasteiger partial charge in [0.2, 0.25) is 0 Å². The Labute approximate surface area is 153 Å². The van der Waals surface area contributed by atoms with Crippen LogP contribution in [0.1, 0.15) is 30.9 Å². The van der Waals surface area contributed by atoms with Gasteiger partial charge in [0.15, 0.2) is 0 Å². The third-order valence-corrected chi connectivity index (χ3v) is 4.02. The number of fused-ring (bicyclic) bond motifs is 1. The fourth-order valence-electron chi connectivity index (χ4n) is 2.93. The van der Waals surface area contributed by atoms with Gasteiger partial charge in [-0.15, -0.1) is 0 Å². The summed E-state index contributed by atoms with van der Waals surface area (Å²) in [6.07, 6.45) is 0.246. The maximum absolute atomic E-state index is 12.5. The second-order valence-electron chi connectivity index (χ2n) is 5.64. The molecule has 2 aromatic rings. The summed E-state index contributed by atoms with van der Waals surface area (Å²) in [4.78, 5) is 41.9. The van der Waals surface area contributed by atoms with E-state index in [-0.39, 0.29) is 35.0 Å². The number of para-hydroxylation sites is 1. The van der Waals surface area contributed by atoms with Crippen LogP contribution in [0.4, 0.5) is 16.3 Å². The van der Waals surface area contributed by atoms with Gasteiger partial charge in [0.05, 0.1) is 35.0 Å². The Kier molecular flexibility index (Phi) is 4.88. The summed E-state index contributed by atoms with van der Waals surface area (Å²) < 4.78 is 10.1. The molecular formula is C17H16N4O6. The average Bonchev–Trinajstić information content (AvgIpc) is 2.63. The van der Waals surface area contributed by atoms with E-state index in [0.717, 1.165) is 0 Å². The Morgan fingerprint density at radius 2 is 2.11 bits per heavy atom. The smallest absolute Gasteiger partial charge is 0.434 e. The molecule has 2 N–H and O–H groups in total. The number of anilines is 1. The number of hydrogen-bond acceptors (Lipinski definition) is 8. The number of H-pyrrole nitrogens is 1. The third kappa shape index (κ3) is 3.36.